The second kappa shape index (κ2) is 5.75. The van der Waals surface area contributed by atoms with E-state index in [4.69, 9.17) is 0 Å². The highest BCUT2D eigenvalue weighted by atomic mass is 16.3. The minimum absolute atomic E-state index is 0.460. The van der Waals surface area contributed by atoms with E-state index in [1.165, 1.54) is 32.1 Å². The molecule has 1 aliphatic carbocycles. The summed E-state index contributed by atoms with van der Waals surface area (Å²) in [4.78, 5) is 0. The monoisotopic (exact) mass is 248 g/mol. The van der Waals surface area contributed by atoms with Crippen molar-refractivity contribution in [3.05, 3.63) is 28.8 Å². The van der Waals surface area contributed by atoms with Crippen LogP contribution < -0.4 is 0 Å². The van der Waals surface area contributed by atoms with Gasteiger partial charge in [-0.3, -0.25) is 0 Å². The molecule has 0 bridgehead atoms. The van der Waals surface area contributed by atoms with Gasteiger partial charge in [0.15, 0.2) is 0 Å². The minimum Gasteiger partial charge on any atom is -0.507 e. The lowest BCUT2D eigenvalue weighted by Crippen LogP contribution is -2.07. The van der Waals surface area contributed by atoms with Crippen molar-refractivity contribution in [3.8, 4) is 5.75 Å². The van der Waals surface area contributed by atoms with Gasteiger partial charge in [-0.25, -0.2) is 0 Å². The number of hydrogen-bond donors (Lipinski definition) is 2. The van der Waals surface area contributed by atoms with Crippen LogP contribution in [0.3, 0.4) is 0 Å². The smallest absolute Gasteiger partial charge is 0.122 e. The summed E-state index contributed by atoms with van der Waals surface area (Å²) in [5.41, 5.74) is 2.96. The van der Waals surface area contributed by atoms with Gasteiger partial charge in [-0.05, 0) is 60.9 Å². The standard InChI is InChI=1S/C16H24O2/c1-3-12-9-14(11(2)17)10-15(16(12)18)13-7-5-4-6-8-13/h9-11,13,17-18H,3-8H2,1-2H3. The quantitative estimate of drug-likeness (QED) is 0.847. The molecular weight excluding hydrogens is 224 g/mol. The van der Waals surface area contributed by atoms with Gasteiger partial charge in [0.2, 0.25) is 0 Å². The van der Waals surface area contributed by atoms with E-state index in [0.29, 0.717) is 11.7 Å². The maximum absolute atomic E-state index is 10.4. The van der Waals surface area contributed by atoms with E-state index < -0.39 is 6.10 Å². The van der Waals surface area contributed by atoms with Gasteiger partial charge in [0.05, 0.1) is 6.10 Å². The van der Waals surface area contributed by atoms with Gasteiger partial charge in [-0.1, -0.05) is 26.2 Å². The molecule has 0 saturated heterocycles. The predicted octanol–water partition coefficient (Wildman–Crippen LogP) is 4.06. The van der Waals surface area contributed by atoms with Crippen molar-refractivity contribution >= 4 is 0 Å². The highest BCUT2D eigenvalue weighted by Crippen LogP contribution is 2.40. The first-order valence-electron chi connectivity index (χ1n) is 7.17. The lowest BCUT2D eigenvalue weighted by atomic mass is 9.82. The van der Waals surface area contributed by atoms with Gasteiger partial charge in [-0.2, -0.15) is 0 Å². The molecule has 0 amide bonds. The van der Waals surface area contributed by atoms with Crippen LogP contribution in [0, 0.1) is 0 Å². The Morgan fingerprint density at radius 2 is 1.89 bits per heavy atom. The zero-order valence-corrected chi connectivity index (χ0v) is 11.4. The molecule has 1 saturated carbocycles. The van der Waals surface area contributed by atoms with Crippen molar-refractivity contribution in [1.82, 2.24) is 0 Å². The van der Waals surface area contributed by atoms with E-state index in [-0.39, 0.29) is 0 Å². The third-order valence-electron chi connectivity index (χ3n) is 4.15. The van der Waals surface area contributed by atoms with Crippen LogP contribution in [0.5, 0.6) is 5.75 Å². The Labute approximate surface area is 110 Å². The van der Waals surface area contributed by atoms with Crippen molar-refractivity contribution in [2.75, 3.05) is 0 Å². The summed E-state index contributed by atoms with van der Waals surface area (Å²) in [5.74, 6) is 0.941. The number of phenols is 1. The summed E-state index contributed by atoms with van der Waals surface area (Å²) in [5, 5.41) is 20.1. The summed E-state index contributed by atoms with van der Waals surface area (Å²) in [7, 11) is 0. The first-order chi connectivity index (χ1) is 8.63. The number of aryl methyl sites for hydroxylation is 1. The predicted molar refractivity (Wildman–Crippen MR) is 73.9 cm³/mol. The Bertz CT molecular complexity index is 404. The van der Waals surface area contributed by atoms with Gasteiger partial charge in [0.1, 0.15) is 5.75 Å². The molecule has 100 valence electrons. The fraction of sp³-hybridized carbons (Fsp3) is 0.625. The fourth-order valence-electron chi connectivity index (χ4n) is 2.98. The number of benzene rings is 1. The Kier molecular flexibility index (Phi) is 4.28. The SMILES string of the molecule is CCc1cc(C(C)O)cc(C2CCCCC2)c1O. The van der Waals surface area contributed by atoms with E-state index in [9.17, 15) is 10.2 Å². The second-order valence-corrected chi connectivity index (χ2v) is 5.48. The number of rotatable bonds is 3. The van der Waals surface area contributed by atoms with Crippen LogP contribution in [0.1, 0.15) is 74.7 Å². The van der Waals surface area contributed by atoms with E-state index in [1.54, 1.807) is 6.92 Å². The minimum atomic E-state index is -0.460. The molecule has 0 heterocycles. The molecule has 18 heavy (non-hydrogen) atoms. The van der Waals surface area contributed by atoms with Gasteiger partial charge in [0.25, 0.3) is 0 Å². The average Bonchev–Trinajstić information content (AvgIpc) is 2.39. The van der Waals surface area contributed by atoms with Gasteiger partial charge >= 0.3 is 0 Å². The molecule has 1 atom stereocenters. The third-order valence-corrected chi connectivity index (χ3v) is 4.15. The highest BCUT2D eigenvalue weighted by molar-refractivity contribution is 5.46. The van der Waals surface area contributed by atoms with E-state index in [0.717, 1.165) is 23.1 Å². The van der Waals surface area contributed by atoms with E-state index in [2.05, 4.69) is 0 Å². The van der Waals surface area contributed by atoms with Gasteiger partial charge in [0, 0.05) is 0 Å². The van der Waals surface area contributed by atoms with Crippen LogP contribution in [-0.2, 0) is 6.42 Å². The maximum atomic E-state index is 10.4. The second-order valence-electron chi connectivity index (χ2n) is 5.48. The third kappa shape index (κ3) is 2.69. The summed E-state index contributed by atoms with van der Waals surface area (Å²) < 4.78 is 0. The molecule has 0 spiro atoms. The van der Waals surface area contributed by atoms with Crippen molar-refractivity contribution in [2.45, 2.75) is 64.4 Å². The van der Waals surface area contributed by atoms with Gasteiger partial charge in [-0.15, -0.1) is 0 Å². The van der Waals surface area contributed by atoms with Crippen molar-refractivity contribution in [3.63, 3.8) is 0 Å². The molecule has 1 fully saturated rings. The van der Waals surface area contributed by atoms with E-state index in [1.807, 2.05) is 19.1 Å². The van der Waals surface area contributed by atoms with Crippen LogP contribution in [0.15, 0.2) is 12.1 Å². The Hall–Kier alpha value is -1.02. The molecule has 2 heteroatoms. The fourth-order valence-corrected chi connectivity index (χ4v) is 2.98. The molecular formula is C16H24O2. The zero-order valence-electron chi connectivity index (χ0n) is 11.4. The summed E-state index contributed by atoms with van der Waals surface area (Å²) >= 11 is 0. The van der Waals surface area contributed by atoms with Crippen LogP contribution in [0.2, 0.25) is 0 Å². The molecule has 0 aliphatic heterocycles. The average molecular weight is 248 g/mol. The molecule has 1 unspecified atom stereocenters. The van der Waals surface area contributed by atoms with Crippen molar-refractivity contribution in [1.29, 1.82) is 0 Å². The lowest BCUT2D eigenvalue weighted by molar-refractivity contribution is 0.199. The van der Waals surface area contributed by atoms with Crippen LogP contribution in [0.25, 0.3) is 0 Å². The van der Waals surface area contributed by atoms with Crippen molar-refractivity contribution < 1.29 is 10.2 Å². The normalized spacial score (nSPS) is 18.8. The molecule has 2 N–H and O–H groups in total. The van der Waals surface area contributed by atoms with Crippen molar-refractivity contribution in [2.24, 2.45) is 0 Å². The van der Waals surface area contributed by atoms with Crippen LogP contribution in [-0.4, -0.2) is 10.2 Å². The summed E-state index contributed by atoms with van der Waals surface area (Å²) in [6.45, 7) is 3.84. The topological polar surface area (TPSA) is 40.5 Å². The molecule has 2 nitrogen and oxygen atoms in total. The first kappa shape index (κ1) is 13.4. The number of phenolic OH excluding ortho intramolecular Hbond substituents is 1. The Balaban J connectivity index is 2.40. The molecule has 0 radical (unpaired) electrons. The maximum Gasteiger partial charge on any atom is 0.122 e. The largest absolute Gasteiger partial charge is 0.507 e. The Morgan fingerprint density at radius 3 is 2.44 bits per heavy atom. The summed E-state index contributed by atoms with van der Waals surface area (Å²) in [6.07, 6.45) is 6.51. The molecule has 1 aromatic rings. The Morgan fingerprint density at radius 1 is 1.22 bits per heavy atom. The number of hydrogen-bond acceptors (Lipinski definition) is 2. The highest BCUT2D eigenvalue weighted by Gasteiger charge is 2.21. The molecule has 1 aliphatic rings. The van der Waals surface area contributed by atoms with Crippen LogP contribution >= 0.6 is 0 Å². The molecule has 2 rings (SSSR count). The van der Waals surface area contributed by atoms with Crippen LogP contribution in [0.4, 0.5) is 0 Å². The molecule has 1 aromatic carbocycles. The summed E-state index contributed by atoms with van der Waals surface area (Å²) in [6, 6.07) is 3.95. The number of aromatic hydroxyl groups is 1. The lowest BCUT2D eigenvalue weighted by Gasteiger charge is -2.25. The van der Waals surface area contributed by atoms with E-state index >= 15 is 0 Å². The molecule has 0 aromatic heterocycles. The number of aliphatic hydroxyl groups is 1. The van der Waals surface area contributed by atoms with Gasteiger partial charge < -0.3 is 10.2 Å². The number of aliphatic hydroxyl groups excluding tert-OH is 1. The zero-order chi connectivity index (χ0) is 13.1. The first-order valence-corrected chi connectivity index (χ1v) is 7.17.